The smallest absolute Gasteiger partial charge is 0.416 e. The Morgan fingerprint density at radius 1 is 1.06 bits per heavy atom. The standard InChI is InChI=1S/C22H27F6NO4Si/c1-12(33-34(5,6)20(2,3)4)18-16(29-19(18)31)10-17(30)32-11-13-7-14(21(23,24)25)9-15(8-13)22(26,27)28/h7-10,12,18H,11H2,1-6H3,(H,29,31)/b16-10-/t12-,18-/m1/s1. The van der Waals surface area contributed by atoms with Crippen molar-refractivity contribution in [1.29, 1.82) is 0 Å². The molecule has 2 atom stereocenters. The van der Waals surface area contributed by atoms with Crippen LogP contribution in [-0.4, -0.2) is 26.3 Å². The van der Waals surface area contributed by atoms with Gasteiger partial charge in [-0.2, -0.15) is 26.3 Å². The summed E-state index contributed by atoms with van der Waals surface area (Å²) in [6.07, 6.45) is -9.61. The van der Waals surface area contributed by atoms with E-state index in [9.17, 15) is 35.9 Å². The Hall–Kier alpha value is -2.34. The van der Waals surface area contributed by atoms with E-state index in [1.54, 1.807) is 6.92 Å². The van der Waals surface area contributed by atoms with E-state index in [0.717, 1.165) is 6.08 Å². The van der Waals surface area contributed by atoms with Gasteiger partial charge in [-0.15, -0.1) is 0 Å². The molecule has 5 nitrogen and oxygen atoms in total. The van der Waals surface area contributed by atoms with Gasteiger partial charge in [0.05, 0.1) is 17.2 Å². The second kappa shape index (κ2) is 9.37. The van der Waals surface area contributed by atoms with Crippen LogP contribution in [0, 0.1) is 5.92 Å². The van der Waals surface area contributed by atoms with Crippen LogP contribution in [0.5, 0.6) is 0 Å². The monoisotopic (exact) mass is 511 g/mol. The number of carbonyl (C=O) groups excluding carboxylic acids is 2. The number of nitrogens with one attached hydrogen (secondary N) is 1. The first kappa shape index (κ1) is 27.9. The summed E-state index contributed by atoms with van der Waals surface area (Å²) in [5, 5.41) is 2.32. The lowest BCUT2D eigenvalue weighted by atomic mass is 9.91. The average Bonchev–Trinajstić information content (AvgIpc) is 2.62. The highest BCUT2D eigenvalue weighted by molar-refractivity contribution is 6.74. The minimum Gasteiger partial charge on any atom is -0.458 e. The third kappa shape index (κ3) is 6.62. The van der Waals surface area contributed by atoms with Gasteiger partial charge in [-0.1, -0.05) is 20.8 Å². The molecule has 0 saturated carbocycles. The number of ether oxygens (including phenoxy) is 1. The number of β-lactam (4-membered cyclic amide) rings is 1. The van der Waals surface area contributed by atoms with Crippen molar-refractivity contribution in [2.45, 2.75) is 70.9 Å². The molecule has 1 fully saturated rings. The molecule has 12 heteroatoms. The first-order valence-electron chi connectivity index (χ1n) is 10.4. The van der Waals surface area contributed by atoms with Crippen molar-refractivity contribution >= 4 is 20.2 Å². The van der Waals surface area contributed by atoms with Gasteiger partial charge in [-0.3, -0.25) is 4.79 Å². The Bertz CT molecular complexity index is 947. The van der Waals surface area contributed by atoms with Gasteiger partial charge in [-0.25, -0.2) is 4.79 Å². The van der Waals surface area contributed by atoms with Crippen LogP contribution < -0.4 is 5.32 Å². The molecule has 0 spiro atoms. The maximum absolute atomic E-state index is 13.0. The van der Waals surface area contributed by atoms with Gasteiger partial charge >= 0.3 is 18.3 Å². The van der Waals surface area contributed by atoms with E-state index in [4.69, 9.17) is 9.16 Å². The molecule has 1 aromatic rings. The highest BCUT2D eigenvalue weighted by Gasteiger charge is 2.45. The van der Waals surface area contributed by atoms with E-state index in [2.05, 4.69) is 5.32 Å². The van der Waals surface area contributed by atoms with Crippen LogP contribution in [-0.2, 0) is 37.7 Å². The van der Waals surface area contributed by atoms with Crippen LogP contribution in [0.25, 0.3) is 0 Å². The predicted octanol–water partition coefficient (Wildman–Crippen LogP) is 5.81. The molecule has 1 N–H and O–H groups in total. The van der Waals surface area contributed by atoms with Crippen LogP contribution in [0.2, 0.25) is 18.1 Å². The largest absolute Gasteiger partial charge is 0.458 e. The third-order valence-electron chi connectivity index (χ3n) is 5.94. The van der Waals surface area contributed by atoms with Gasteiger partial charge in [-0.05, 0) is 48.8 Å². The number of hydrogen-bond donors (Lipinski definition) is 1. The molecule has 1 heterocycles. The quantitative estimate of drug-likeness (QED) is 0.172. The van der Waals surface area contributed by atoms with Crippen molar-refractivity contribution in [3.63, 3.8) is 0 Å². The zero-order valence-corrected chi connectivity index (χ0v) is 20.6. The molecule has 0 aliphatic carbocycles. The Kier molecular flexibility index (Phi) is 7.68. The number of esters is 1. The molecule has 0 aromatic heterocycles. The lowest BCUT2D eigenvalue weighted by molar-refractivity contribution is -0.143. The molecule has 34 heavy (non-hydrogen) atoms. The summed E-state index contributed by atoms with van der Waals surface area (Å²) in [5.74, 6) is -2.14. The van der Waals surface area contributed by atoms with E-state index < -0.39 is 62.0 Å². The summed E-state index contributed by atoms with van der Waals surface area (Å²) >= 11 is 0. The summed E-state index contributed by atoms with van der Waals surface area (Å²) in [6, 6.07) is 0.961. The zero-order chi connectivity index (χ0) is 26.3. The highest BCUT2D eigenvalue weighted by Crippen LogP contribution is 2.39. The fraction of sp³-hybridized carbons (Fsp3) is 0.545. The minimum atomic E-state index is -5.01. The summed E-state index contributed by atoms with van der Waals surface area (Å²) in [7, 11) is -2.22. The molecular weight excluding hydrogens is 484 g/mol. The first-order valence-corrected chi connectivity index (χ1v) is 13.3. The molecule has 1 aliphatic heterocycles. The number of benzene rings is 1. The zero-order valence-electron chi connectivity index (χ0n) is 19.6. The van der Waals surface area contributed by atoms with Crippen LogP contribution in [0.3, 0.4) is 0 Å². The Labute approximate surface area is 194 Å². The lowest BCUT2D eigenvalue weighted by Crippen LogP contribution is -2.55. The van der Waals surface area contributed by atoms with E-state index in [1.807, 2.05) is 33.9 Å². The molecular formula is C22H27F6NO4Si. The number of hydrogen-bond acceptors (Lipinski definition) is 4. The number of amides is 1. The van der Waals surface area contributed by atoms with Gasteiger partial charge < -0.3 is 14.5 Å². The Morgan fingerprint density at radius 3 is 1.97 bits per heavy atom. The normalized spacial score (nSPS) is 19.5. The molecule has 0 radical (unpaired) electrons. The van der Waals surface area contributed by atoms with Gasteiger partial charge in [0.25, 0.3) is 0 Å². The molecule has 0 bridgehead atoms. The number of carbonyl (C=O) groups is 2. The summed E-state index contributed by atoms with van der Waals surface area (Å²) in [4.78, 5) is 24.2. The maximum Gasteiger partial charge on any atom is 0.416 e. The first-order chi connectivity index (χ1) is 15.2. The maximum atomic E-state index is 13.0. The van der Waals surface area contributed by atoms with E-state index in [-0.39, 0.29) is 22.7 Å². The predicted molar refractivity (Wildman–Crippen MR) is 114 cm³/mol. The second-order valence-electron chi connectivity index (χ2n) is 9.67. The van der Waals surface area contributed by atoms with Crippen molar-refractivity contribution in [2.75, 3.05) is 0 Å². The summed E-state index contributed by atoms with van der Waals surface area (Å²) < 4.78 is 88.9. The molecule has 1 amide bonds. The number of alkyl halides is 6. The SMILES string of the molecule is C[C@@H](O[Si](C)(C)C(C)(C)C)[C@H]1C(=O)N/C1=C\C(=O)OCc1cc(C(F)(F)F)cc(C(F)(F)F)c1. The van der Waals surface area contributed by atoms with Gasteiger partial charge in [0, 0.05) is 11.8 Å². The molecule has 0 unspecified atom stereocenters. The van der Waals surface area contributed by atoms with E-state index >= 15 is 0 Å². The summed E-state index contributed by atoms with van der Waals surface area (Å²) in [6.45, 7) is 11.0. The van der Waals surface area contributed by atoms with Crippen molar-refractivity contribution in [3.05, 3.63) is 46.7 Å². The molecule has 2 rings (SSSR count). The fourth-order valence-corrected chi connectivity index (χ4v) is 4.51. The third-order valence-corrected chi connectivity index (χ3v) is 10.5. The van der Waals surface area contributed by atoms with Gasteiger partial charge in [0.1, 0.15) is 12.5 Å². The van der Waals surface area contributed by atoms with E-state index in [1.165, 1.54) is 0 Å². The van der Waals surface area contributed by atoms with Crippen molar-refractivity contribution in [3.8, 4) is 0 Å². The van der Waals surface area contributed by atoms with Crippen LogP contribution in [0.1, 0.15) is 44.4 Å². The van der Waals surface area contributed by atoms with E-state index in [0.29, 0.717) is 12.1 Å². The fourth-order valence-electron chi connectivity index (χ4n) is 3.09. The van der Waals surface area contributed by atoms with Gasteiger partial charge in [0.2, 0.25) is 5.91 Å². The Balaban J connectivity index is 2.13. The van der Waals surface area contributed by atoms with Crippen LogP contribution in [0.4, 0.5) is 26.3 Å². The second-order valence-corrected chi connectivity index (χ2v) is 14.4. The van der Waals surface area contributed by atoms with Crippen LogP contribution >= 0.6 is 0 Å². The van der Waals surface area contributed by atoms with Gasteiger partial charge in [0.15, 0.2) is 8.32 Å². The minimum absolute atomic E-state index is 0.00836. The van der Waals surface area contributed by atoms with Crippen molar-refractivity contribution < 1.29 is 45.1 Å². The number of rotatable bonds is 6. The lowest BCUT2D eigenvalue weighted by Gasteiger charge is -2.42. The molecule has 1 saturated heterocycles. The average molecular weight is 512 g/mol. The van der Waals surface area contributed by atoms with Crippen LogP contribution in [0.15, 0.2) is 30.0 Å². The topological polar surface area (TPSA) is 64.6 Å². The highest BCUT2D eigenvalue weighted by atomic mass is 28.4. The molecule has 1 aromatic carbocycles. The number of halogens is 6. The van der Waals surface area contributed by atoms with Crippen molar-refractivity contribution in [2.24, 2.45) is 5.92 Å². The summed E-state index contributed by atoms with van der Waals surface area (Å²) in [5.41, 5.74) is -3.27. The molecule has 190 valence electrons. The van der Waals surface area contributed by atoms with Crippen molar-refractivity contribution in [1.82, 2.24) is 5.32 Å². The Morgan fingerprint density at radius 2 is 1.56 bits per heavy atom. The molecule has 1 aliphatic rings.